The molecule has 1 aromatic carbocycles. The standard InChI is InChI=1S/C15H21ClF3N/c1-4-10(3)8-12(5-2)20-14-7-6-11(16)9-13(14)15(17,18)19/h6-7,9-10,12,20H,4-5,8H2,1-3H3. The SMILES string of the molecule is CCC(C)CC(CC)Nc1ccc(Cl)cc1C(F)(F)F. The van der Waals surface area contributed by atoms with E-state index in [9.17, 15) is 13.2 Å². The average molecular weight is 308 g/mol. The zero-order chi connectivity index (χ0) is 15.3. The molecule has 5 heteroatoms. The number of halogens is 4. The summed E-state index contributed by atoms with van der Waals surface area (Å²) in [5, 5.41) is 3.11. The smallest absolute Gasteiger partial charge is 0.382 e. The van der Waals surface area contributed by atoms with E-state index in [4.69, 9.17) is 11.6 Å². The summed E-state index contributed by atoms with van der Waals surface area (Å²) >= 11 is 5.67. The molecule has 0 heterocycles. The van der Waals surface area contributed by atoms with Gasteiger partial charge in [0.25, 0.3) is 0 Å². The molecule has 0 amide bonds. The minimum Gasteiger partial charge on any atom is -0.382 e. The Kier molecular flexibility index (Phi) is 6.18. The van der Waals surface area contributed by atoms with Crippen LogP contribution >= 0.6 is 11.6 Å². The van der Waals surface area contributed by atoms with Gasteiger partial charge >= 0.3 is 6.18 Å². The Bertz CT molecular complexity index is 432. The fourth-order valence-electron chi connectivity index (χ4n) is 2.08. The molecule has 0 aromatic heterocycles. The number of anilines is 1. The molecule has 0 bridgehead atoms. The number of hydrogen-bond donors (Lipinski definition) is 1. The molecule has 20 heavy (non-hydrogen) atoms. The second kappa shape index (κ2) is 7.21. The van der Waals surface area contributed by atoms with Gasteiger partial charge in [0.2, 0.25) is 0 Å². The molecule has 2 atom stereocenters. The van der Waals surface area contributed by atoms with Crippen molar-refractivity contribution in [2.24, 2.45) is 5.92 Å². The monoisotopic (exact) mass is 307 g/mol. The fraction of sp³-hybridized carbons (Fsp3) is 0.600. The van der Waals surface area contributed by atoms with Crippen molar-refractivity contribution < 1.29 is 13.2 Å². The van der Waals surface area contributed by atoms with Gasteiger partial charge in [0.05, 0.1) is 5.56 Å². The summed E-state index contributed by atoms with van der Waals surface area (Å²) < 4.78 is 39.0. The molecule has 2 unspecified atom stereocenters. The molecule has 0 radical (unpaired) electrons. The van der Waals surface area contributed by atoms with Crippen LogP contribution in [0.4, 0.5) is 18.9 Å². The average Bonchev–Trinajstić information content (AvgIpc) is 2.38. The van der Waals surface area contributed by atoms with Crippen LogP contribution in [0.2, 0.25) is 5.02 Å². The topological polar surface area (TPSA) is 12.0 Å². The zero-order valence-electron chi connectivity index (χ0n) is 12.0. The van der Waals surface area contributed by atoms with Crippen molar-refractivity contribution in [3.8, 4) is 0 Å². The van der Waals surface area contributed by atoms with Crippen molar-refractivity contribution in [1.29, 1.82) is 0 Å². The first-order valence-electron chi connectivity index (χ1n) is 6.91. The highest BCUT2D eigenvalue weighted by molar-refractivity contribution is 6.30. The van der Waals surface area contributed by atoms with E-state index in [-0.39, 0.29) is 16.8 Å². The second-order valence-electron chi connectivity index (χ2n) is 5.19. The van der Waals surface area contributed by atoms with E-state index >= 15 is 0 Å². The maximum absolute atomic E-state index is 13.0. The summed E-state index contributed by atoms with van der Waals surface area (Å²) in [6.45, 7) is 6.17. The number of benzene rings is 1. The van der Waals surface area contributed by atoms with Crippen LogP contribution in [0.15, 0.2) is 18.2 Å². The Labute approximate surface area is 123 Å². The Morgan fingerprint density at radius 1 is 1.20 bits per heavy atom. The molecule has 1 aromatic rings. The van der Waals surface area contributed by atoms with E-state index in [2.05, 4.69) is 19.2 Å². The summed E-state index contributed by atoms with van der Waals surface area (Å²) in [5.74, 6) is 0.481. The minimum atomic E-state index is -4.40. The quantitative estimate of drug-likeness (QED) is 0.681. The second-order valence-corrected chi connectivity index (χ2v) is 5.62. The van der Waals surface area contributed by atoms with E-state index in [1.54, 1.807) is 0 Å². The molecule has 1 nitrogen and oxygen atoms in total. The third-order valence-electron chi connectivity index (χ3n) is 3.52. The molecular formula is C15H21ClF3N. The van der Waals surface area contributed by atoms with Gasteiger partial charge in [-0.1, -0.05) is 38.8 Å². The highest BCUT2D eigenvalue weighted by Crippen LogP contribution is 2.37. The van der Waals surface area contributed by atoms with Crippen LogP contribution in [0.25, 0.3) is 0 Å². The zero-order valence-corrected chi connectivity index (χ0v) is 12.8. The molecule has 0 saturated carbocycles. The molecule has 0 spiro atoms. The lowest BCUT2D eigenvalue weighted by Gasteiger charge is -2.24. The fourth-order valence-corrected chi connectivity index (χ4v) is 2.25. The molecule has 0 aliphatic heterocycles. The van der Waals surface area contributed by atoms with Gasteiger partial charge in [-0.15, -0.1) is 0 Å². The van der Waals surface area contributed by atoms with E-state index < -0.39 is 11.7 Å². The van der Waals surface area contributed by atoms with Crippen molar-refractivity contribution in [3.05, 3.63) is 28.8 Å². The van der Waals surface area contributed by atoms with Crippen molar-refractivity contribution in [2.75, 3.05) is 5.32 Å². The Morgan fingerprint density at radius 2 is 1.85 bits per heavy atom. The lowest BCUT2D eigenvalue weighted by atomic mass is 9.97. The van der Waals surface area contributed by atoms with Crippen molar-refractivity contribution in [3.63, 3.8) is 0 Å². The molecule has 1 rings (SSSR count). The van der Waals surface area contributed by atoms with Gasteiger partial charge < -0.3 is 5.32 Å². The third-order valence-corrected chi connectivity index (χ3v) is 3.76. The van der Waals surface area contributed by atoms with Gasteiger partial charge in [0.1, 0.15) is 0 Å². The number of rotatable bonds is 6. The van der Waals surface area contributed by atoms with Crippen LogP contribution in [0, 0.1) is 5.92 Å². The van der Waals surface area contributed by atoms with Crippen LogP contribution < -0.4 is 5.32 Å². The van der Waals surface area contributed by atoms with Crippen LogP contribution in [0.3, 0.4) is 0 Å². The number of nitrogens with one attached hydrogen (secondary N) is 1. The molecule has 0 aliphatic rings. The van der Waals surface area contributed by atoms with Gasteiger partial charge in [-0.2, -0.15) is 13.2 Å². The van der Waals surface area contributed by atoms with Gasteiger partial charge in [-0.3, -0.25) is 0 Å². The largest absolute Gasteiger partial charge is 0.418 e. The van der Waals surface area contributed by atoms with Crippen LogP contribution in [-0.4, -0.2) is 6.04 Å². The van der Waals surface area contributed by atoms with Crippen molar-refractivity contribution >= 4 is 17.3 Å². The molecule has 0 fully saturated rings. The van der Waals surface area contributed by atoms with Gasteiger partial charge in [-0.05, 0) is 37.0 Å². The molecule has 114 valence electrons. The van der Waals surface area contributed by atoms with E-state index in [0.717, 1.165) is 25.3 Å². The third kappa shape index (κ3) is 4.89. The maximum atomic E-state index is 13.0. The summed E-state index contributed by atoms with van der Waals surface area (Å²) in [4.78, 5) is 0. The number of alkyl halides is 3. The van der Waals surface area contributed by atoms with E-state index in [1.165, 1.54) is 12.1 Å². The van der Waals surface area contributed by atoms with E-state index in [1.807, 2.05) is 6.92 Å². The predicted molar refractivity (Wildman–Crippen MR) is 78.2 cm³/mol. The molecule has 1 N–H and O–H groups in total. The summed E-state index contributed by atoms with van der Waals surface area (Å²) in [7, 11) is 0. The first-order chi connectivity index (χ1) is 9.27. The van der Waals surface area contributed by atoms with Gasteiger partial charge in [0.15, 0.2) is 0 Å². The summed E-state index contributed by atoms with van der Waals surface area (Å²) in [6, 6.07) is 3.89. The van der Waals surface area contributed by atoms with Crippen LogP contribution in [0.5, 0.6) is 0 Å². The Balaban J connectivity index is 2.95. The van der Waals surface area contributed by atoms with Crippen LogP contribution in [-0.2, 0) is 6.18 Å². The maximum Gasteiger partial charge on any atom is 0.418 e. The number of hydrogen-bond acceptors (Lipinski definition) is 1. The van der Waals surface area contributed by atoms with Crippen molar-refractivity contribution in [1.82, 2.24) is 0 Å². The van der Waals surface area contributed by atoms with E-state index in [0.29, 0.717) is 5.92 Å². The molecule has 0 saturated heterocycles. The predicted octanol–water partition coefficient (Wildman–Crippen LogP) is 5.99. The highest BCUT2D eigenvalue weighted by Gasteiger charge is 2.34. The highest BCUT2D eigenvalue weighted by atomic mass is 35.5. The summed E-state index contributed by atoms with van der Waals surface area (Å²) in [6.07, 6.45) is -1.75. The minimum absolute atomic E-state index is 0.0345. The first kappa shape index (κ1) is 17.2. The van der Waals surface area contributed by atoms with Gasteiger partial charge in [0, 0.05) is 16.8 Å². The molecular weight excluding hydrogens is 287 g/mol. The van der Waals surface area contributed by atoms with Crippen molar-refractivity contribution in [2.45, 2.75) is 52.3 Å². The Hall–Kier alpha value is -0.900. The van der Waals surface area contributed by atoms with Crippen LogP contribution in [0.1, 0.15) is 45.6 Å². The Morgan fingerprint density at radius 3 is 2.35 bits per heavy atom. The lowest BCUT2D eigenvalue weighted by Crippen LogP contribution is -2.23. The first-order valence-corrected chi connectivity index (χ1v) is 7.29. The summed E-state index contributed by atoms with van der Waals surface area (Å²) in [5.41, 5.74) is -0.593. The van der Waals surface area contributed by atoms with Gasteiger partial charge in [-0.25, -0.2) is 0 Å². The normalized spacial score (nSPS) is 14.9. The lowest BCUT2D eigenvalue weighted by molar-refractivity contribution is -0.137. The molecule has 0 aliphatic carbocycles.